The smallest absolute Gasteiger partial charge is 0.304 e. The summed E-state index contributed by atoms with van der Waals surface area (Å²) in [6.07, 6.45) is 0. The molecule has 5 rings (SSSR count). The quantitative estimate of drug-likeness (QED) is 0.202. The first-order chi connectivity index (χ1) is 20.9. The molecule has 1 atom stereocenters. The summed E-state index contributed by atoms with van der Waals surface area (Å²) in [6, 6.07) is 28.6. The Hall–Kier alpha value is -3.82. The fourth-order valence-corrected chi connectivity index (χ4v) is 6.13. The highest BCUT2D eigenvalue weighted by Crippen LogP contribution is 2.51. The van der Waals surface area contributed by atoms with Gasteiger partial charge in [0.2, 0.25) is 0 Å². The van der Waals surface area contributed by atoms with E-state index in [1.165, 1.54) is 32.9 Å². The van der Waals surface area contributed by atoms with Crippen molar-refractivity contribution >= 4 is 21.8 Å². The number of alkyl halides is 2. The summed E-state index contributed by atoms with van der Waals surface area (Å²) in [5.41, 5.74) is -3.38. The van der Waals surface area contributed by atoms with Gasteiger partial charge < -0.3 is 19.5 Å². The Morgan fingerprint density at radius 2 is 1.32 bits per heavy atom. The van der Waals surface area contributed by atoms with Crippen LogP contribution < -0.4 is 14.8 Å². The van der Waals surface area contributed by atoms with E-state index in [1.807, 2.05) is 78.9 Å². The Kier molecular flexibility index (Phi) is 8.57. The number of nitrogens with zero attached hydrogens (tertiary/aromatic N) is 1. The molecule has 0 aliphatic carbocycles. The highest BCUT2D eigenvalue weighted by Gasteiger charge is 2.64. The molecule has 0 saturated heterocycles. The van der Waals surface area contributed by atoms with Gasteiger partial charge in [-0.2, -0.15) is 0 Å². The van der Waals surface area contributed by atoms with E-state index < -0.39 is 28.4 Å². The second kappa shape index (κ2) is 11.9. The molecule has 1 heterocycles. The lowest BCUT2D eigenvalue weighted by molar-refractivity contribution is -0.214. The van der Waals surface area contributed by atoms with Crippen molar-refractivity contribution in [3.63, 3.8) is 0 Å². The molecule has 1 N–H and O–H groups in total. The Bertz CT molecular complexity index is 1600. The summed E-state index contributed by atoms with van der Waals surface area (Å²) < 4.78 is 65.8. The molecule has 4 aromatic rings. The largest absolute Gasteiger partial charge is 0.497 e. The number of hydrogen-bond donors (Lipinski definition) is 1. The van der Waals surface area contributed by atoms with Gasteiger partial charge in [0.15, 0.2) is 5.54 Å². The highest BCUT2D eigenvalue weighted by atomic mass is 79.9. The summed E-state index contributed by atoms with van der Waals surface area (Å²) >= 11 is 3.32. The first kappa shape index (κ1) is 31.6. The number of methoxy groups -OCH3 is 2. The standard InChI is InChI=1S/C35H34BrF3N2O3/c1-32(2)35(38,39)33(3,29-21-26(36)15-20-30(29)37)40-31(22-44-32)41-34(23-9-7-6-8-10-23,24-11-16-27(42-4)17-12-24)25-13-18-28(43-5)19-14-25/h6-21H,22H2,1-5H3,(H,40,41)/t33-/m1/s1. The molecule has 4 aromatic carbocycles. The lowest BCUT2D eigenvalue weighted by atomic mass is 9.76. The minimum Gasteiger partial charge on any atom is -0.497 e. The van der Waals surface area contributed by atoms with Gasteiger partial charge in [0.1, 0.15) is 40.9 Å². The SMILES string of the molecule is COc1ccc(C(NC2=N[C@](C)(c3cc(Br)ccc3F)C(F)(F)C(C)(C)OC2)(c2ccccc2)c2ccc(OC)cc2)cc1. The number of amidine groups is 1. The molecule has 0 bridgehead atoms. The first-order valence-corrected chi connectivity index (χ1v) is 14.9. The van der Waals surface area contributed by atoms with Crippen LogP contribution in [-0.2, 0) is 15.8 Å². The van der Waals surface area contributed by atoms with Crippen LogP contribution in [0, 0.1) is 5.82 Å². The molecule has 0 aromatic heterocycles. The minimum atomic E-state index is -3.62. The van der Waals surface area contributed by atoms with Crippen LogP contribution in [0.5, 0.6) is 11.5 Å². The molecule has 44 heavy (non-hydrogen) atoms. The number of ether oxygens (including phenoxy) is 3. The van der Waals surface area contributed by atoms with E-state index in [4.69, 9.17) is 14.2 Å². The van der Waals surface area contributed by atoms with Crippen LogP contribution >= 0.6 is 15.9 Å². The molecule has 0 radical (unpaired) electrons. The third kappa shape index (κ3) is 5.37. The lowest BCUT2D eigenvalue weighted by Crippen LogP contribution is -2.56. The number of benzene rings is 4. The third-order valence-electron chi connectivity index (χ3n) is 8.33. The predicted octanol–water partition coefficient (Wildman–Crippen LogP) is 8.24. The number of halogens is 4. The van der Waals surface area contributed by atoms with Crippen LogP contribution in [0.25, 0.3) is 0 Å². The van der Waals surface area contributed by atoms with Gasteiger partial charge in [-0.05, 0) is 79.9 Å². The fraction of sp³-hybridized carbons (Fsp3) is 0.286. The molecule has 0 spiro atoms. The van der Waals surface area contributed by atoms with Gasteiger partial charge in [-0.15, -0.1) is 0 Å². The second-order valence-electron chi connectivity index (χ2n) is 11.3. The number of nitrogens with one attached hydrogen (secondary N) is 1. The van der Waals surface area contributed by atoms with Crippen LogP contribution in [-0.4, -0.2) is 38.2 Å². The molecule has 1 aliphatic heterocycles. The molecular weight excluding hydrogens is 633 g/mol. The van der Waals surface area contributed by atoms with Crippen molar-refractivity contribution in [2.45, 2.75) is 43.4 Å². The summed E-state index contributed by atoms with van der Waals surface area (Å²) in [4.78, 5) is 4.68. The average molecular weight is 668 g/mol. The summed E-state index contributed by atoms with van der Waals surface area (Å²) in [5, 5.41) is 3.54. The van der Waals surface area contributed by atoms with Gasteiger partial charge in [0.05, 0.1) is 14.2 Å². The second-order valence-corrected chi connectivity index (χ2v) is 12.2. The van der Waals surface area contributed by atoms with Gasteiger partial charge in [-0.1, -0.05) is 70.5 Å². The third-order valence-corrected chi connectivity index (χ3v) is 8.83. The van der Waals surface area contributed by atoms with Crippen molar-refractivity contribution in [1.29, 1.82) is 0 Å². The van der Waals surface area contributed by atoms with Gasteiger partial charge in [0.25, 0.3) is 0 Å². The Morgan fingerprint density at radius 1 is 0.795 bits per heavy atom. The number of rotatable bonds is 7. The van der Waals surface area contributed by atoms with E-state index in [9.17, 15) is 0 Å². The Balaban J connectivity index is 1.80. The van der Waals surface area contributed by atoms with Gasteiger partial charge in [0, 0.05) is 10.0 Å². The maximum absolute atomic E-state index is 16.6. The fourth-order valence-electron chi connectivity index (χ4n) is 5.77. The van der Waals surface area contributed by atoms with Crippen molar-refractivity contribution in [2.24, 2.45) is 4.99 Å². The van der Waals surface area contributed by atoms with Crippen molar-refractivity contribution in [1.82, 2.24) is 5.32 Å². The molecule has 0 fully saturated rings. The predicted molar refractivity (Wildman–Crippen MR) is 169 cm³/mol. The van der Waals surface area contributed by atoms with E-state index in [1.54, 1.807) is 14.2 Å². The summed E-state index contributed by atoms with van der Waals surface area (Å²) in [6.45, 7) is 3.57. The van der Waals surface area contributed by atoms with Crippen molar-refractivity contribution in [2.75, 3.05) is 20.8 Å². The summed E-state index contributed by atoms with van der Waals surface area (Å²) in [7, 11) is 3.17. The Labute approximate surface area is 264 Å². The molecular formula is C35H34BrF3N2O3. The summed E-state index contributed by atoms with van der Waals surface area (Å²) in [5.74, 6) is -3.00. The monoisotopic (exact) mass is 666 g/mol. The molecule has 0 saturated carbocycles. The van der Waals surface area contributed by atoms with E-state index in [2.05, 4.69) is 26.2 Å². The molecule has 0 amide bonds. The first-order valence-electron chi connectivity index (χ1n) is 14.1. The zero-order valence-electron chi connectivity index (χ0n) is 25.1. The number of aliphatic imine (C=N–C) groups is 1. The van der Waals surface area contributed by atoms with Crippen LogP contribution in [0.4, 0.5) is 13.2 Å². The van der Waals surface area contributed by atoms with Gasteiger partial charge >= 0.3 is 5.92 Å². The topological polar surface area (TPSA) is 52.1 Å². The molecule has 5 nitrogen and oxygen atoms in total. The number of hydrogen-bond acceptors (Lipinski definition) is 5. The average Bonchev–Trinajstić information content (AvgIpc) is 3.09. The molecule has 0 unspecified atom stereocenters. The zero-order valence-corrected chi connectivity index (χ0v) is 26.7. The maximum Gasteiger partial charge on any atom is 0.304 e. The molecule has 230 valence electrons. The zero-order chi connectivity index (χ0) is 31.8. The highest BCUT2D eigenvalue weighted by molar-refractivity contribution is 9.10. The lowest BCUT2D eigenvalue weighted by Gasteiger charge is -2.42. The van der Waals surface area contributed by atoms with Crippen LogP contribution in [0.15, 0.2) is 107 Å². The van der Waals surface area contributed by atoms with Crippen LogP contribution in [0.3, 0.4) is 0 Å². The van der Waals surface area contributed by atoms with E-state index in [-0.39, 0.29) is 18.0 Å². The van der Waals surface area contributed by atoms with Gasteiger partial charge in [-0.3, -0.25) is 4.99 Å². The normalized spacial score (nSPS) is 19.4. The van der Waals surface area contributed by atoms with Crippen molar-refractivity contribution in [3.8, 4) is 11.5 Å². The Morgan fingerprint density at radius 3 is 1.84 bits per heavy atom. The van der Waals surface area contributed by atoms with Crippen molar-refractivity contribution in [3.05, 3.63) is 130 Å². The van der Waals surface area contributed by atoms with E-state index in [0.717, 1.165) is 22.8 Å². The van der Waals surface area contributed by atoms with Gasteiger partial charge in [-0.25, -0.2) is 13.2 Å². The molecule has 9 heteroatoms. The maximum atomic E-state index is 16.6. The van der Waals surface area contributed by atoms with Crippen LogP contribution in [0.1, 0.15) is 43.0 Å². The van der Waals surface area contributed by atoms with E-state index in [0.29, 0.717) is 16.0 Å². The van der Waals surface area contributed by atoms with Crippen LogP contribution in [0.2, 0.25) is 0 Å². The van der Waals surface area contributed by atoms with E-state index >= 15 is 13.2 Å². The van der Waals surface area contributed by atoms with Crippen molar-refractivity contribution < 1.29 is 27.4 Å². The minimum absolute atomic E-state index is 0.118. The molecule has 1 aliphatic rings.